The molecule has 0 radical (unpaired) electrons. The molecule has 1 aromatic heterocycles. The second-order valence-corrected chi connectivity index (χ2v) is 7.66. The van der Waals surface area contributed by atoms with Crippen LogP contribution in [-0.2, 0) is 0 Å². The van der Waals surface area contributed by atoms with Crippen molar-refractivity contribution in [1.29, 1.82) is 0 Å². The van der Waals surface area contributed by atoms with Crippen molar-refractivity contribution in [3.05, 3.63) is 48.4 Å². The molecule has 4 rings (SSSR count). The summed E-state index contributed by atoms with van der Waals surface area (Å²) in [5, 5.41) is 12.8. The van der Waals surface area contributed by atoms with Crippen molar-refractivity contribution in [2.75, 3.05) is 25.5 Å². The summed E-state index contributed by atoms with van der Waals surface area (Å²) in [4.78, 5) is 23.2. The fourth-order valence-electron chi connectivity index (χ4n) is 3.58. The van der Waals surface area contributed by atoms with E-state index in [1.165, 1.54) is 19.4 Å². The van der Waals surface area contributed by atoms with E-state index in [1.54, 1.807) is 42.2 Å². The molecule has 1 aliphatic rings. The number of rotatable bonds is 3. The molecule has 1 saturated heterocycles. The van der Waals surface area contributed by atoms with E-state index in [-0.39, 0.29) is 17.7 Å². The van der Waals surface area contributed by atoms with Crippen LogP contribution in [-0.4, -0.2) is 51.8 Å². The molecule has 2 amide bonds. The van der Waals surface area contributed by atoms with Gasteiger partial charge in [-0.05, 0) is 38.0 Å². The molecule has 1 fully saturated rings. The van der Waals surface area contributed by atoms with Gasteiger partial charge in [0.25, 0.3) is 0 Å². The Bertz CT molecular complexity index is 1090. The number of urea groups is 1. The molecule has 30 heavy (non-hydrogen) atoms. The highest BCUT2D eigenvalue weighted by atomic mass is 19.1. The van der Waals surface area contributed by atoms with Gasteiger partial charge in [-0.1, -0.05) is 18.2 Å². The number of hydrogen-bond donors (Lipinski definition) is 2. The molecule has 3 aromatic rings. The van der Waals surface area contributed by atoms with E-state index >= 15 is 0 Å². The number of amides is 2. The van der Waals surface area contributed by atoms with Gasteiger partial charge in [-0.15, -0.1) is 0 Å². The maximum absolute atomic E-state index is 14.3. The van der Waals surface area contributed by atoms with Crippen LogP contribution in [0.1, 0.15) is 19.8 Å². The van der Waals surface area contributed by atoms with Crippen molar-refractivity contribution in [3.63, 3.8) is 0 Å². The zero-order valence-electron chi connectivity index (χ0n) is 16.9. The fraction of sp³-hybridized carbons (Fsp3) is 0.318. The molecule has 8 heteroatoms. The average Bonchev–Trinajstić information content (AvgIpc) is 2.73. The van der Waals surface area contributed by atoms with Crippen LogP contribution in [0.2, 0.25) is 0 Å². The van der Waals surface area contributed by atoms with Gasteiger partial charge in [-0.3, -0.25) is 5.32 Å². The number of likely N-dealkylation sites (tertiary alicyclic amines) is 1. The van der Waals surface area contributed by atoms with Crippen LogP contribution in [0.25, 0.3) is 22.2 Å². The third-order valence-electron chi connectivity index (χ3n) is 5.41. The maximum atomic E-state index is 14.3. The number of carbonyl (C=O) groups excluding carboxylic acids is 1. The van der Waals surface area contributed by atoms with E-state index in [0.717, 1.165) is 0 Å². The standard InChI is InChI=1S/C22H23FN4O3/c1-22(29)9-11-27(12-10-22)21(28)26-18-13-24-19-15(14-5-3-4-6-16(14)23)7-8-17(30-2)20(19)25-18/h3-8,13,29H,9-12H2,1-2H3,(H,25,26,28). The summed E-state index contributed by atoms with van der Waals surface area (Å²) in [6, 6.07) is 9.60. The van der Waals surface area contributed by atoms with Crippen LogP contribution >= 0.6 is 0 Å². The lowest BCUT2D eigenvalue weighted by atomic mass is 9.94. The molecule has 7 nitrogen and oxygen atoms in total. The summed E-state index contributed by atoms with van der Waals surface area (Å²) < 4.78 is 19.7. The van der Waals surface area contributed by atoms with Gasteiger partial charge in [0, 0.05) is 24.2 Å². The minimum Gasteiger partial charge on any atom is -0.494 e. The second kappa shape index (κ2) is 7.87. The minimum atomic E-state index is -0.740. The number of benzene rings is 2. The Balaban J connectivity index is 1.65. The average molecular weight is 410 g/mol. The van der Waals surface area contributed by atoms with E-state index in [4.69, 9.17) is 4.74 Å². The molecular formula is C22H23FN4O3. The van der Waals surface area contributed by atoms with Gasteiger partial charge < -0.3 is 14.7 Å². The van der Waals surface area contributed by atoms with Crippen LogP contribution in [0.3, 0.4) is 0 Å². The number of aromatic nitrogens is 2. The summed E-state index contributed by atoms with van der Waals surface area (Å²) in [7, 11) is 1.52. The molecule has 2 aromatic carbocycles. The number of ether oxygens (including phenoxy) is 1. The first-order chi connectivity index (χ1) is 14.4. The summed E-state index contributed by atoms with van der Waals surface area (Å²) in [6.07, 6.45) is 2.48. The molecule has 0 unspecified atom stereocenters. The number of hydrogen-bond acceptors (Lipinski definition) is 5. The van der Waals surface area contributed by atoms with Crippen molar-refractivity contribution in [3.8, 4) is 16.9 Å². The zero-order valence-corrected chi connectivity index (χ0v) is 16.9. The van der Waals surface area contributed by atoms with Gasteiger partial charge in [0.05, 0.1) is 18.9 Å². The molecule has 0 aliphatic carbocycles. The Hall–Kier alpha value is -3.26. The molecule has 2 heterocycles. The predicted molar refractivity (Wildman–Crippen MR) is 112 cm³/mol. The zero-order chi connectivity index (χ0) is 21.3. The van der Waals surface area contributed by atoms with Gasteiger partial charge in [-0.2, -0.15) is 0 Å². The monoisotopic (exact) mass is 410 g/mol. The topological polar surface area (TPSA) is 87.6 Å². The van der Waals surface area contributed by atoms with Crippen molar-refractivity contribution in [1.82, 2.24) is 14.9 Å². The van der Waals surface area contributed by atoms with E-state index in [2.05, 4.69) is 15.3 Å². The van der Waals surface area contributed by atoms with Crippen LogP contribution in [0.15, 0.2) is 42.6 Å². The summed E-state index contributed by atoms with van der Waals surface area (Å²) in [5.74, 6) is 0.389. The van der Waals surface area contributed by atoms with Crippen LogP contribution in [0.5, 0.6) is 5.75 Å². The lowest BCUT2D eigenvalue weighted by molar-refractivity contribution is 0.00569. The lowest BCUT2D eigenvalue weighted by Gasteiger charge is -2.35. The number of carbonyl (C=O) groups is 1. The summed E-state index contributed by atoms with van der Waals surface area (Å²) in [6.45, 7) is 2.69. The quantitative estimate of drug-likeness (QED) is 0.685. The largest absolute Gasteiger partial charge is 0.494 e. The third-order valence-corrected chi connectivity index (χ3v) is 5.41. The first kappa shape index (κ1) is 20.0. The number of aliphatic hydroxyl groups is 1. The smallest absolute Gasteiger partial charge is 0.323 e. The van der Waals surface area contributed by atoms with Gasteiger partial charge in [0.1, 0.15) is 22.6 Å². The maximum Gasteiger partial charge on any atom is 0.323 e. The Kier molecular flexibility index (Phi) is 5.26. The van der Waals surface area contributed by atoms with Crippen LogP contribution in [0, 0.1) is 5.82 Å². The van der Waals surface area contributed by atoms with Crippen molar-refractivity contribution < 1.29 is 19.0 Å². The van der Waals surface area contributed by atoms with Crippen molar-refractivity contribution in [2.45, 2.75) is 25.4 Å². The highest BCUT2D eigenvalue weighted by Gasteiger charge is 2.29. The number of nitrogens with one attached hydrogen (secondary N) is 1. The number of nitrogens with zero attached hydrogens (tertiary/aromatic N) is 3. The molecule has 156 valence electrons. The van der Waals surface area contributed by atoms with Gasteiger partial charge >= 0.3 is 6.03 Å². The first-order valence-corrected chi connectivity index (χ1v) is 9.75. The Morgan fingerprint density at radius 2 is 1.90 bits per heavy atom. The molecule has 1 aliphatic heterocycles. The van der Waals surface area contributed by atoms with Crippen LogP contribution < -0.4 is 10.1 Å². The Labute approximate surface area is 173 Å². The normalized spacial score (nSPS) is 15.8. The first-order valence-electron chi connectivity index (χ1n) is 9.75. The molecule has 0 atom stereocenters. The number of piperidine rings is 1. The fourth-order valence-corrected chi connectivity index (χ4v) is 3.58. The number of fused-ring (bicyclic) bond motifs is 1. The van der Waals surface area contributed by atoms with E-state index < -0.39 is 5.60 Å². The summed E-state index contributed by atoms with van der Waals surface area (Å²) >= 11 is 0. The van der Waals surface area contributed by atoms with Gasteiger partial charge in [0.2, 0.25) is 0 Å². The lowest BCUT2D eigenvalue weighted by Crippen LogP contribution is -2.46. The van der Waals surface area contributed by atoms with Crippen molar-refractivity contribution >= 4 is 22.9 Å². The van der Waals surface area contributed by atoms with E-state index in [0.29, 0.717) is 53.8 Å². The minimum absolute atomic E-state index is 0.272. The number of methoxy groups -OCH3 is 1. The van der Waals surface area contributed by atoms with E-state index in [1.807, 2.05) is 0 Å². The van der Waals surface area contributed by atoms with E-state index in [9.17, 15) is 14.3 Å². The van der Waals surface area contributed by atoms with Crippen LogP contribution in [0.4, 0.5) is 15.0 Å². The number of anilines is 1. The Morgan fingerprint density at radius 1 is 1.17 bits per heavy atom. The predicted octanol–water partition coefficient (Wildman–Crippen LogP) is 3.82. The number of halogens is 1. The molecular weight excluding hydrogens is 387 g/mol. The van der Waals surface area contributed by atoms with Gasteiger partial charge in [-0.25, -0.2) is 19.2 Å². The van der Waals surface area contributed by atoms with Crippen molar-refractivity contribution in [2.24, 2.45) is 0 Å². The SMILES string of the molecule is COc1ccc(-c2ccccc2F)c2ncc(NC(=O)N3CCC(C)(O)CC3)nc12. The third kappa shape index (κ3) is 3.91. The molecule has 0 spiro atoms. The second-order valence-electron chi connectivity index (χ2n) is 7.66. The summed E-state index contributed by atoms with van der Waals surface area (Å²) in [5.41, 5.74) is 1.17. The van der Waals surface area contributed by atoms with Gasteiger partial charge in [0.15, 0.2) is 5.82 Å². The Morgan fingerprint density at radius 3 is 2.60 bits per heavy atom. The highest BCUT2D eigenvalue weighted by molar-refractivity contribution is 5.97. The highest BCUT2D eigenvalue weighted by Crippen LogP contribution is 2.34. The molecule has 0 saturated carbocycles. The molecule has 2 N–H and O–H groups in total. The molecule has 0 bridgehead atoms.